The first-order chi connectivity index (χ1) is 12.1. The van der Waals surface area contributed by atoms with Crippen LogP contribution in [0.15, 0.2) is 30.5 Å². The first-order valence-corrected chi connectivity index (χ1v) is 8.25. The monoisotopic (exact) mass is 342 g/mol. The molecule has 3 N–H and O–H groups in total. The highest BCUT2D eigenvalue weighted by molar-refractivity contribution is 5.92. The fourth-order valence-corrected chi connectivity index (χ4v) is 2.86. The molecule has 2 aromatic heterocycles. The molecule has 132 valence electrons. The lowest BCUT2D eigenvalue weighted by Gasteiger charge is -2.36. The van der Waals surface area contributed by atoms with Gasteiger partial charge in [-0.2, -0.15) is 4.98 Å². The number of likely N-dealkylation sites (tertiary alicyclic amines) is 1. The van der Waals surface area contributed by atoms with Gasteiger partial charge in [-0.15, -0.1) is 0 Å². The number of aliphatic hydroxyl groups excluding tert-OH is 1. The average Bonchev–Trinajstić information content (AvgIpc) is 2.63. The molecule has 8 heteroatoms. The Balaban J connectivity index is 1.64. The fourth-order valence-electron chi connectivity index (χ4n) is 2.86. The second kappa shape index (κ2) is 7.43. The molecule has 0 saturated carbocycles. The Labute approximate surface area is 146 Å². The number of nitrogens with zero attached hydrogens (tertiary/aromatic N) is 4. The van der Waals surface area contributed by atoms with Crippen molar-refractivity contribution < 1.29 is 9.90 Å². The Morgan fingerprint density at radius 2 is 2.20 bits per heavy atom. The zero-order valence-corrected chi connectivity index (χ0v) is 14.3. The van der Waals surface area contributed by atoms with E-state index in [1.54, 1.807) is 36.3 Å². The van der Waals surface area contributed by atoms with Gasteiger partial charge in [0.05, 0.1) is 12.1 Å². The Bertz CT molecular complexity index is 739. The zero-order chi connectivity index (χ0) is 17.8. The second-order valence-electron chi connectivity index (χ2n) is 6.04. The predicted molar refractivity (Wildman–Crippen MR) is 94.5 cm³/mol. The van der Waals surface area contributed by atoms with Crippen LogP contribution in [0.5, 0.6) is 0 Å². The van der Waals surface area contributed by atoms with Crippen LogP contribution >= 0.6 is 0 Å². The number of rotatable bonds is 4. The lowest BCUT2D eigenvalue weighted by Crippen LogP contribution is -2.52. The maximum absolute atomic E-state index is 12.4. The number of amides is 1. The van der Waals surface area contributed by atoms with Crippen molar-refractivity contribution in [3.63, 3.8) is 0 Å². The minimum atomic E-state index is -0.705. The summed E-state index contributed by atoms with van der Waals surface area (Å²) in [7, 11) is 1.79. The zero-order valence-electron chi connectivity index (χ0n) is 14.3. The van der Waals surface area contributed by atoms with Crippen LogP contribution in [0.4, 0.5) is 11.8 Å². The molecule has 1 amide bonds. The van der Waals surface area contributed by atoms with Crippen molar-refractivity contribution in [3.05, 3.63) is 41.9 Å². The van der Waals surface area contributed by atoms with E-state index in [4.69, 9.17) is 0 Å². The van der Waals surface area contributed by atoms with Crippen LogP contribution < -0.4 is 10.6 Å². The van der Waals surface area contributed by atoms with Crippen molar-refractivity contribution in [2.75, 3.05) is 30.8 Å². The predicted octanol–water partition coefficient (Wildman–Crippen LogP) is 0.909. The van der Waals surface area contributed by atoms with Crippen LogP contribution in [0.2, 0.25) is 0 Å². The van der Waals surface area contributed by atoms with Crippen LogP contribution in [-0.2, 0) is 0 Å². The molecule has 0 unspecified atom stereocenters. The molecule has 3 rings (SSSR count). The van der Waals surface area contributed by atoms with Gasteiger partial charge in [0.2, 0.25) is 5.95 Å². The van der Waals surface area contributed by atoms with Gasteiger partial charge in [0.15, 0.2) is 0 Å². The minimum absolute atomic E-state index is 0.164. The SMILES string of the molecule is CNc1cc(C)nc(N[C@@H]2CCN(C(=O)c3ccccn3)C[C@H]2O)n1. The van der Waals surface area contributed by atoms with E-state index in [0.717, 1.165) is 5.69 Å². The van der Waals surface area contributed by atoms with Gasteiger partial charge in [-0.1, -0.05) is 6.07 Å². The fraction of sp³-hybridized carbons (Fsp3) is 0.412. The van der Waals surface area contributed by atoms with E-state index in [-0.39, 0.29) is 18.5 Å². The number of pyridine rings is 1. The molecule has 1 aliphatic heterocycles. The highest BCUT2D eigenvalue weighted by Crippen LogP contribution is 2.18. The summed E-state index contributed by atoms with van der Waals surface area (Å²) in [4.78, 5) is 26.8. The Hall–Kier alpha value is -2.74. The van der Waals surface area contributed by atoms with E-state index in [1.165, 1.54) is 0 Å². The average molecular weight is 342 g/mol. The molecule has 8 nitrogen and oxygen atoms in total. The summed E-state index contributed by atoms with van der Waals surface area (Å²) in [5, 5.41) is 16.6. The van der Waals surface area contributed by atoms with Crippen LogP contribution in [0.25, 0.3) is 0 Å². The first-order valence-electron chi connectivity index (χ1n) is 8.25. The molecule has 0 spiro atoms. The van der Waals surface area contributed by atoms with Gasteiger partial charge in [0, 0.05) is 38.1 Å². The summed E-state index contributed by atoms with van der Waals surface area (Å²) in [6.07, 6.45) is 1.49. The van der Waals surface area contributed by atoms with Crippen molar-refractivity contribution in [3.8, 4) is 0 Å². The van der Waals surface area contributed by atoms with Crippen molar-refractivity contribution in [2.45, 2.75) is 25.5 Å². The lowest BCUT2D eigenvalue weighted by molar-refractivity contribution is 0.0421. The van der Waals surface area contributed by atoms with Crippen LogP contribution in [0.3, 0.4) is 0 Å². The maximum Gasteiger partial charge on any atom is 0.272 e. The molecule has 1 saturated heterocycles. The summed E-state index contributed by atoms with van der Waals surface area (Å²) in [5.74, 6) is 1.02. The summed E-state index contributed by atoms with van der Waals surface area (Å²) in [6.45, 7) is 2.67. The van der Waals surface area contributed by atoms with Crippen LogP contribution in [-0.4, -0.2) is 63.1 Å². The Kier molecular flexibility index (Phi) is 5.08. The van der Waals surface area contributed by atoms with Gasteiger partial charge in [-0.25, -0.2) is 4.98 Å². The minimum Gasteiger partial charge on any atom is -0.389 e. The number of piperidine rings is 1. The quantitative estimate of drug-likeness (QED) is 0.759. The van der Waals surface area contributed by atoms with Gasteiger partial charge >= 0.3 is 0 Å². The standard InChI is InChI=1S/C17H22N6O2/c1-11-9-15(18-2)22-17(20-11)21-12-6-8-23(10-14(12)24)16(25)13-5-3-4-7-19-13/h3-5,7,9,12,14,24H,6,8,10H2,1-2H3,(H2,18,20,21,22)/t12-,14-/m1/s1. The summed E-state index contributed by atoms with van der Waals surface area (Å²) in [5.41, 5.74) is 1.22. The summed E-state index contributed by atoms with van der Waals surface area (Å²) >= 11 is 0. The molecule has 25 heavy (non-hydrogen) atoms. The number of aryl methyl sites for hydroxylation is 1. The molecular formula is C17H22N6O2. The van der Waals surface area contributed by atoms with Crippen molar-refractivity contribution >= 4 is 17.7 Å². The van der Waals surface area contributed by atoms with E-state index in [9.17, 15) is 9.90 Å². The molecule has 1 aliphatic rings. The molecule has 0 radical (unpaired) electrons. The third-order valence-corrected chi connectivity index (χ3v) is 4.18. The van der Waals surface area contributed by atoms with Crippen molar-refractivity contribution in [2.24, 2.45) is 0 Å². The second-order valence-corrected chi connectivity index (χ2v) is 6.04. The maximum atomic E-state index is 12.4. The van der Waals surface area contributed by atoms with Crippen LogP contribution in [0.1, 0.15) is 22.6 Å². The number of hydrogen-bond acceptors (Lipinski definition) is 7. The van der Waals surface area contributed by atoms with Crippen molar-refractivity contribution in [1.82, 2.24) is 19.9 Å². The Morgan fingerprint density at radius 1 is 1.36 bits per heavy atom. The first kappa shape index (κ1) is 17.1. The number of anilines is 2. The Morgan fingerprint density at radius 3 is 2.88 bits per heavy atom. The number of nitrogens with one attached hydrogen (secondary N) is 2. The third kappa shape index (κ3) is 4.03. The topological polar surface area (TPSA) is 103 Å². The number of β-amino-alcohol motifs (C(OH)–C–C–N with tert-alkyl or cyclic N) is 1. The molecule has 1 fully saturated rings. The normalized spacial score (nSPS) is 20.2. The number of hydrogen-bond donors (Lipinski definition) is 3. The summed E-state index contributed by atoms with van der Waals surface area (Å²) < 4.78 is 0. The number of carbonyl (C=O) groups is 1. The van der Waals surface area contributed by atoms with Gasteiger partial charge in [-0.3, -0.25) is 9.78 Å². The molecular weight excluding hydrogens is 320 g/mol. The molecule has 0 bridgehead atoms. The van der Waals surface area contributed by atoms with Gasteiger partial charge in [0.25, 0.3) is 5.91 Å². The van der Waals surface area contributed by atoms with E-state index in [1.807, 2.05) is 13.0 Å². The van der Waals surface area contributed by atoms with E-state index in [0.29, 0.717) is 30.4 Å². The molecule has 0 aliphatic carbocycles. The highest BCUT2D eigenvalue weighted by Gasteiger charge is 2.31. The lowest BCUT2D eigenvalue weighted by atomic mass is 10.0. The highest BCUT2D eigenvalue weighted by atomic mass is 16.3. The van der Waals surface area contributed by atoms with E-state index < -0.39 is 6.10 Å². The number of carbonyl (C=O) groups excluding carboxylic acids is 1. The summed E-state index contributed by atoms with van der Waals surface area (Å²) in [6, 6.07) is 6.86. The number of aliphatic hydroxyl groups is 1. The van der Waals surface area contributed by atoms with Gasteiger partial charge in [-0.05, 0) is 25.5 Å². The van der Waals surface area contributed by atoms with Crippen molar-refractivity contribution in [1.29, 1.82) is 0 Å². The van der Waals surface area contributed by atoms with E-state index in [2.05, 4.69) is 25.6 Å². The molecule has 3 heterocycles. The van der Waals surface area contributed by atoms with Crippen LogP contribution in [0, 0.1) is 6.92 Å². The largest absolute Gasteiger partial charge is 0.389 e. The van der Waals surface area contributed by atoms with Gasteiger partial charge in [0.1, 0.15) is 11.5 Å². The molecule has 2 aromatic rings. The molecule has 2 atom stereocenters. The van der Waals surface area contributed by atoms with E-state index >= 15 is 0 Å². The molecule has 0 aromatic carbocycles. The smallest absolute Gasteiger partial charge is 0.272 e. The van der Waals surface area contributed by atoms with Gasteiger partial charge < -0.3 is 20.6 Å². The third-order valence-electron chi connectivity index (χ3n) is 4.18. The number of aromatic nitrogens is 3.